The van der Waals surface area contributed by atoms with E-state index in [0.717, 1.165) is 0 Å². The Labute approximate surface area is 126 Å². The summed E-state index contributed by atoms with van der Waals surface area (Å²) in [5.74, 6) is -2.33. The number of carboxylic acids is 1. The molecule has 2 rings (SSSR count). The molecule has 5 nitrogen and oxygen atoms in total. The molecule has 21 heavy (non-hydrogen) atoms. The molecule has 0 aromatic heterocycles. The Morgan fingerprint density at radius 3 is 2.90 bits per heavy atom. The fraction of sp³-hybridized carbons (Fsp3) is 0.429. The van der Waals surface area contributed by atoms with Crippen molar-refractivity contribution in [3.63, 3.8) is 0 Å². The van der Waals surface area contributed by atoms with Gasteiger partial charge in [-0.25, -0.2) is 9.18 Å². The molecule has 1 aliphatic heterocycles. The van der Waals surface area contributed by atoms with Crippen molar-refractivity contribution in [1.29, 1.82) is 0 Å². The number of aliphatic carboxylic acids is 1. The lowest BCUT2D eigenvalue weighted by Gasteiger charge is -2.39. The van der Waals surface area contributed by atoms with Gasteiger partial charge in [-0.3, -0.25) is 4.79 Å². The minimum atomic E-state index is -1.32. The van der Waals surface area contributed by atoms with Crippen molar-refractivity contribution < 1.29 is 23.8 Å². The molecule has 1 saturated heterocycles. The number of ether oxygens (including phenoxy) is 1. The van der Waals surface area contributed by atoms with Crippen molar-refractivity contribution in [2.45, 2.75) is 25.5 Å². The Morgan fingerprint density at radius 2 is 2.29 bits per heavy atom. The van der Waals surface area contributed by atoms with E-state index in [-0.39, 0.29) is 23.1 Å². The molecule has 7 heteroatoms. The summed E-state index contributed by atoms with van der Waals surface area (Å²) < 4.78 is 19.3. The molecule has 1 N–H and O–H groups in total. The summed E-state index contributed by atoms with van der Waals surface area (Å²) in [4.78, 5) is 24.7. The molecule has 0 spiro atoms. The topological polar surface area (TPSA) is 66.8 Å². The van der Waals surface area contributed by atoms with E-state index in [1.165, 1.54) is 23.1 Å². The minimum Gasteiger partial charge on any atom is -0.479 e. The molecule has 0 aliphatic carbocycles. The summed E-state index contributed by atoms with van der Waals surface area (Å²) in [6.45, 7) is 1.85. The number of nitrogens with zero attached hydrogens (tertiary/aromatic N) is 1. The number of rotatable bonds is 4. The molecule has 1 aromatic carbocycles. The summed E-state index contributed by atoms with van der Waals surface area (Å²) >= 11 is 5.75. The fourth-order valence-electron chi connectivity index (χ4n) is 2.44. The van der Waals surface area contributed by atoms with Crippen LogP contribution in [0, 0.1) is 5.82 Å². The van der Waals surface area contributed by atoms with Gasteiger partial charge in [0, 0.05) is 12.1 Å². The zero-order valence-electron chi connectivity index (χ0n) is 11.4. The molecule has 2 atom stereocenters. The van der Waals surface area contributed by atoms with E-state index in [0.29, 0.717) is 13.0 Å². The quantitative estimate of drug-likeness (QED) is 0.925. The third kappa shape index (κ3) is 3.01. The SMILES string of the molecule is CCCN1C(=O)COC(C(=O)O)C1c1cccc(Cl)c1F. The standard InChI is InChI=1S/C14H15ClFNO4/c1-2-6-17-10(18)7-21-13(14(19)20)12(17)8-4-3-5-9(15)11(8)16/h3-5,12-13H,2,6-7H2,1H3,(H,19,20). The maximum absolute atomic E-state index is 14.2. The van der Waals surface area contributed by atoms with E-state index >= 15 is 0 Å². The molecule has 2 unspecified atom stereocenters. The Morgan fingerprint density at radius 1 is 1.57 bits per heavy atom. The van der Waals surface area contributed by atoms with Crippen LogP contribution in [0.2, 0.25) is 5.02 Å². The van der Waals surface area contributed by atoms with E-state index in [1.807, 2.05) is 6.92 Å². The molecular weight excluding hydrogens is 301 g/mol. The van der Waals surface area contributed by atoms with Gasteiger partial charge in [0.25, 0.3) is 0 Å². The van der Waals surface area contributed by atoms with Crippen molar-refractivity contribution >= 4 is 23.5 Å². The van der Waals surface area contributed by atoms with Crippen LogP contribution >= 0.6 is 11.6 Å². The minimum absolute atomic E-state index is 0.0522. The van der Waals surface area contributed by atoms with E-state index < -0.39 is 23.9 Å². The average molecular weight is 316 g/mol. The normalized spacial score (nSPS) is 22.4. The first-order valence-electron chi connectivity index (χ1n) is 6.55. The molecule has 1 fully saturated rings. The van der Waals surface area contributed by atoms with E-state index in [1.54, 1.807) is 0 Å². The lowest BCUT2D eigenvalue weighted by molar-refractivity contribution is -0.173. The highest BCUT2D eigenvalue weighted by Crippen LogP contribution is 2.34. The smallest absolute Gasteiger partial charge is 0.335 e. The number of carboxylic acid groups (broad SMARTS) is 1. The van der Waals surface area contributed by atoms with Crippen LogP contribution in [0.4, 0.5) is 4.39 Å². The van der Waals surface area contributed by atoms with Crippen molar-refractivity contribution in [3.8, 4) is 0 Å². The fourth-order valence-corrected chi connectivity index (χ4v) is 2.63. The third-order valence-electron chi connectivity index (χ3n) is 3.34. The highest BCUT2D eigenvalue weighted by Gasteiger charge is 2.42. The van der Waals surface area contributed by atoms with Crippen LogP contribution in [0.3, 0.4) is 0 Å². The van der Waals surface area contributed by atoms with Gasteiger partial charge in [-0.2, -0.15) is 0 Å². The summed E-state index contributed by atoms with van der Waals surface area (Å²) in [5.41, 5.74) is 0.0522. The first-order chi connectivity index (χ1) is 9.97. The first kappa shape index (κ1) is 15.7. The van der Waals surface area contributed by atoms with Gasteiger partial charge >= 0.3 is 5.97 Å². The van der Waals surface area contributed by atoms with E-state index in [2.05, 4.69) is 0 Å². The number of carbonyl (C=O) groups excluding carboxylic acids is 1. The number of carbonyl (C=O) groups is 2. The lowest BCUT2D eigenvalue weighted by atomic mass is 9.97. The van der Waals surface area contributed by atoms with Gasteiger partial charge in [-0.15, -0.1) is 0 Å². The van der Waals surface area contributed by atoms with Gasteiger partial charge in [0.1, 0.15) is 12.4 Å². The van der Waals surface area contributed by atoms with Crippen LogP contribution in [-0.4, -0.2) is 41.1 Å². The number of hydrogen-bond donors (Lipinski definition) is 1. The van der Waals surface area contributed by atoms with Crippen molar-refractivity contribution in [2.75, 3.05) is 13.2 Å². The average Bonchev–Trinajstić information content (AvgIpc) is 2.44. The molecule has 1 amide bonds. The van der Waals surface area contributed by atoms with Crippen molar-refractivity contribution in [1.82, 2.24) is 4.90 Å². The second kappa shape index (κ2) is 6.41. The molecule has 1 aromatic rings. The molecule has 1 aliphatic rings. The number of amides is 1. The maximum atomic E-state index is 14.2. The Kier molecular flexibility index (Phi) is 4.80. The molecule has 0 radical (unpaired) electrons. The van der Waals surface area contributed by atoms with Crippen LogP contribution in [0.25, 0.3) is 0 Å². The maximum Gasteiger partial charge on any atom is 0.335 e. The van der Waals surface area contributed by atoms with Gasteiger partial charge in [-0.05, 0) is 12.5 Å². The number of hydrogen-bond acceptors (Lipinski definition) is 3. The summed E-state index contributed by atoms with van der Waals surface area (Å²) in [6, 6.07) is 3.28. The van der Waals surface area contributed by atoms with Crippen molar-refractivity contribution in [3.05, 3.63) is 34.6 Å². The van der Waals surface area contributed by atoms with E-state index in [9.17, 15) is 19.1 Å². The molecule has 114 valence electrons. The Balaban J connectivity index is 2.51. The van der Waals surface area contributed by atoms with Crippen LogP contribution in [0.1, 0.15) is 24.9 Å². The van der Waals surface area contributed by atoms with Crippen LogP contribution in [-0.2, 0) is 14.3 Å². The van der Waals surface area contributed by atoms with E-state index in [4.69, 9.17) is 16.3 Å². The number of halogens is 2. The Hall–Kier alpha value is -1.66. The monoisotopic (exact) mass is 315 g/mol. The summed E-state index contributed by atoms with van der Waals surface area (Å²) in [7, 11) is 0. The number of morpholine rings is 1. The van der Waals surface area contributed by atoms with Gasteiger partial charge in [0.15, 0.2) is 6.10 Å². The van der Waals surface area contributed by atoms with Gasteiger partial charge in [-0.1, -0.05) is 30.7 Å². The molecule has 0 saturated carbocycles. The predicted molar refractivity (Wildman–Crippen MR) is 73.5 cm³/mol. The lowest BCUT2D eigenvalue weighted by Crippen LogP contribution is -2.52. The summed E-state index contributed by atoms with van der Waals surface area (Å²) in [6.07, 6.45) is -0.696. The molecule has 1 heterocycles. The highest BCUT2D eigenvalue weighted by atomic mass is 35.5. The van der Waals surface area contributed by atoms with Crippen LogP contribution < -0.4 is 0 Å². The highest BCUT2D eigenvalue weighted by molar-refractivity contribution is 6.30. The zero-order valence-corrected chi connectivity index (χ0v) is 12.1. The second-order valence-electron chi connectivity index (χ2n) is 4.74. The summed E-state index contributed by atoms with van der Waals surface area (Å²) in [5, 5.41) is 9.16. The Bertz CT molecular complexity index is 566. The van der Waals surface area contributed by atoms with Gasteiger partial charge < -0.3 is 14.7 Å². The van der Waals surface area contributed by atoms with Gasteiger partial charge in [0.05, 0.1) is 11.1 Å². The predicted octanol–water partition coefficient (Wildman–Crippen LogP) is 2.24. The molecule has 0 bridgehead atoms. The van der Waals surface area contributed by atoms with Crippen molar-refractivity contribution in [2.24, 2.45) is 0 Å². The second-order valence-corrected chi connectivity index (χ2v) is 5.15. The van der Waals surface area contributed by atoms with Crippen LogP contribution in [0.15, 0.2) is 18.2 Å². The largest absolute Gasteiger partial charge is 0.479 e. The van der Waals surface area contributed by atoms with Crippen LogP contribution in [0.5, 0.6) is 0 Å². The first-order valence-corrected chi connectivity index (χ1v) is 6.93. The zero-order chi connectivity index (χ0) is 15.6. The third-order valence-corrected chi connectivity index (χ3v) is 3.63. The number of benzene rings is 1. The van der Waals surface area contributed by atoms with Gasteiger partial charge in [0.2, 0.25) is 5.91 Å². The molecular formula is C14H15ClFNO4.